The number of ether oxygens (including phenoxy) is 1. The molecule has 1 saturated heterocycles. The van der Waals surface area contributed by atoms with Crippen molar-refractivity contribution in [1.82, 2.24) is 0 Å². The Kier molecular flexibility index (Phi) is 6.52. The number of rotatable bonds is 5. The molecule has 0 saturated carbocycles. The fraction of sp³-hybridized carbons (Fsp3) is 0.333. The van der Waals surface area contributed by atoms with Crippen LogP contribution in [-0.2, 0) is 11.2 Å². The van der Waals surface area contributed by atoms with E-state index < -0.39 is 37.1 Å². The van der Waals surface area contributed by atoms with Gasteiger partial charge in [-0.25, -0.2) is 4.39 Å². The van der Waals surface area contributed by atoms with Crippen LogP contribution >= 0.6 is 11.3 Å². The minimum atomic E-state index is -1.41. The van der Waals surface area contributed by atoms with Crippen molar-refractivity contribution in [2.24, 2.45) is 0 Å². The lowest BCUT2D eigenvalue weighted by Crippen LogP contribution is -2.55. The summed E-state index contributed by atoms with van der Waals surface area (Å²) in [5, 5.41) is 40.0. The quantitative estimate of drug-likeness (QED) is 0.486. The summed E-state index contributed by atoms with van der Waals surface area (Å²) in [6.07, 6.45) is -5.21. The molecule has 1 aliphatic rings. The second-order valence-corrected chi connectivity index (χ2v) is 9.05. The molecule has 5 nitrogen and oxygen atoms in total. The molecule has 0 amide bonds. The molecule has 1 aliphatic heterocycles. The standard InChI is InChI=1S/C24H25FO5S/c1-13-2-3-15(24-23(29)22(28)21(27)19(12-26)30-24)10-16(13)11-18-8-9-20(31-18)14-4-6-17(25)7-5-14/h2-10,19,21-24,26-29H,11-12H2,1H3/t19?,21-,22?,23+,24-/m0/s1. The molecule has 1 aromatic heterocycles. The lowest BCUT2D eigenvalue weighted by molar-refractivity contribution is -0.231. The Balaban J connectivity index is 1.57. The van der Waals surface area contributed by atoms with Gasteiger partial charge in [0.05, 0.1) is 6.61 Å². The van der Waals surface area contributed by atoms with Gasteiger partial charge < -0.3 is 25.2 Å². The largest absolute Gasteiger partial charge is 0.394 e. The summed E-state index contributed by atoms with van der Waals surface area (Å²) in [6.45, 7) is 1.54. The van der Waals surface area contributed by atoms with E-state index in [1.807, 2.05) is 37.3 Å². The van der Waals surface area contributed by atoms with Gasteiger partial charge in [-0.3, -0.25) is 0 Å². The maximum atomic E-state index is 13.2. The average molecular weight is 445 g/mol. The van der Waals surface area contributed by atoms with E-state index in [-0.39, 0.29) is 5.82 Å². The highest BCUT2D eigenvalue weighted by Crippen LogP contribution is 2.35. The number of hydrogen-bond acceptors (Lipinski definition) is 6. The average Bonchev–Trinajstić information content (AvgIpc) is 3.23. The fourth-order valence-corrected chi connectivity index (χ4v) is 4.90. The molecule has 164 valence electrons. The third kappa shape index (κ3) is 4.57. The number of benzene rings is 2. The summed E-state index contributed by atoms with van der Waals surface area (Å²) in [6, 6.07) is 16.2. The van der Waals surface area contributed by atoms with Crippen molar-refractivity contribution in [3.63, 3.8) is 0 Å². The maximum Gasteiger partial charge on any atom is 0.123 e. The highest BCUT2D eigenvalue weighted by atomic mass is 32.1. The van der Waals surface area contributed by atoms with Gasteiger partial charge in [0.1, 0.15) is 36.3 Å². The Bertz CT molecular complexity index is 1030. The van der Waals surface area contributed by atoms with Crippen LogP contribution in [0.15, 0.2) is 54.6 Å². The summed E-state index contributed by atoms with van der Waals surface area (Å²) in [4.78, 5) is 2.19. The highest BCUT2D eigenvalue weighted by molar-refractivity contribution is 7.15. The van der Waals surface area contributed by atoms with Crippen molar-refractivity contribution < 1.29 is 29.6 Å². The topological polar surface area (TPSA) is 90.2 Å². The van der Waals surface area contributed by atoms with Crippen molar-refractivity contribution >= 4 is 11.3 Å². The first-order chi connectivity index (χ1) is 14.9. The molecule has 1 fully saturated rings. The van der Waals surface area contributed by atoms with Gasteiger partial charge in [-0.1, -0.05) is 30.3 Å². The van der Waals surface area contributed by atoms with E-state index in [0.717, 1.165) is 26.4 Å². The smallest absolute Gasteiger partial charge is 0.123 e. The zero-order valence-corrected chi connectivity index (χ0v) is 17.8. The number of aliphatic hydroxyl groups excluding tert-OH is 4. The molecule has 4 N–H and O–H groups in total. The van der Waals surface area contributed by atoms with E-state index in [1.54, 1.807) is 23.5 Å². The van der Waals surface area contributed by atoms with Crippen LogP contribution in [0.2, 0.25) is 0 Å². The van der Waals surface area contributed by atoms with Gasteiger partial charge in [0.25, 0.3) is 0 Å². The second kappa shape index (κ2) is 9.16. The minimum absolute atomic E-state index is 0.263. The monoisotopic (exact) mass is 444 g/mol. The van der Waals surface area contributed by atoms with Crippen molar-refractivity contribution in [2.45, 2.75) is 43.9 Å². The Morgan fingerprint density at radius 2 is 1.68 bits per heavy atom. The molecular formula is C24H25FO5S. The lowest BCUT2D eigenvalue weighted by atomic mass is 9.89. The van der Waals surface area contributed by atoms with Gasteiger partial charge in [0.15, 0.2) is 0 Å². The van der Waals surface area contributed by atoms with Crippen LogP contribution in [-0.4, -0.2) is 51.4 Å². The predicted molar refractivity (Wildman–Crippen MR) is 116 cm³/mol. The third-order valence-electron chi connectivity index (χ3n) is 5.75. The summed E-state index contributed by atoms with van der Waals surface area (Å²) in [5.74, 6) is -0.263. The number of aliphatic hydroxyl groups is 4. The van der Waals surface area contributed by atoms with Gasteiger partial charge in [-0.15, -0.1) is 11.3 Å². The van der Waals surface area contributed by atoms with E-state index >= 15 is 0 Å². The molecule has 2 heterocycles. The summed E-state index contributed by atoms with van der Waals surface area (Å²) >= 11 is 1.63. The minimum Gasteiger partial charge on any atom is -0.394 e. The molecular weight excluding hydrogens is 419 g/mol. The number of hydrogen-bond donors (Lipinski definition) is 4. The molecule has 0 spiro atoms. The molecule has 2 unspecified atom stereocenters. The first-order valence-corrected chi connectivity index (χ1v) is 10.9. The van der Waals surface area contributed by atoms with Gasteiger partial charge >= 0.3 is 0 Å². The van der Waals surface area contributed by atoms with E-state index in [4.69, 9.17) is 4.74 Å². The Hall–Kier alpha value is -2.13. The molecule has 31 heavy (non-hydrogen) atoms. The maximum absolute atomic E-state index is 13.2. The molecule has 3 aromatic rings. The number of halogens is 1. The zero-order valence-electron chi connectivity index (χ0n) is 17.0. The van der Waals surface area contributed by atoms with E-state index in [9.17, 15) is 24.8 Å². The predicted octanol–water partition coefficient (Wildman–Crippen LogP) is 2.97. The van der Waals surface area contributed by atoms with Crippen LogP contribution in [0.1, 0.15) is 27.7 Å². The lowest BCUT2D eigenvalue weighted by Gasteiger charge is -2.40. The number of aryl methyl sites for hydroxylation is 1. The summed E-state index contributed by atoms with van der Waals surface area (Å²) in [5.41, 5.74) is 3.75. The third-order valence-corrected chi connectivity index (χ3v) is 6.88. The molecule has 2 aromatic carbocycles. The van der Waals surface area contributed by atoms with Crippen molar-refractivity contribution in [3.8, 4) is 10.4 Å². The van der Waals surface area contributed by atoms with E-state index in [2.05, 4.69) is 0 Å². The van der Waals surface area contributed by atoms with Crippen molar-refractivity contribution in [3.05, 3.63) is 82.0 Å². The van der Waals surface area contributed by atoms with Crippen LogP contribution in [0.25, 0.3) is 10.4 Å². The molecule has 5 atom stereocenters. The Morgan fingerprint density at radius 1 is 0.935 bits per heavy atom. The van der Waals surface area contributed by atoms with Crippen LogP contribution in [0, 0.1) is 12.7 Å². The van der Waals surface area contributed by atoms with E-state index in [0.29, 0.717) is 12.0 Å². The first kappa shape index (κ1) is 22.1. The Morgan fingerprint density at radius 3 is 2.39 bits per heavy atom. The van der Waals surface area contributed by atoms with Crippen LogP contribution in [0.4, 0.5) is 4.39 Å². The normalized spacial score (nSPS) is 26.2. The molecule has 0 radical (unpaired) electrons. The molecule has 7 heteroatoms. The molecule has 0 aliphatic carbocycles. The zero-order chi connectivity index (χ0) is 22.1. The van der Waals surface area contributed by atoms with Crippen molar-refractivity contribution in [1.29, 1.82) is 0 Å². The highest BCUT2D eigenvalue weighted by Gasteiger charge is 2.43. The number of thiophene rings is 1. The van der Waals surface area contributed by atoms with E-state index in [1.165, 1.54) is 12.1 Å². The summed E-state index contributed by atoms with van der Waals surface area (Å²) in [7, 11) is 0. The van der Waals surface area contributed by atoms with Gasteiger partial charge in [0.2, 0.25) is 0 Å². The summed E-state index contributed by atoms with van der Waals surface area (Å²) < 4.78 is 18.9. The van der Waals surface area contributed by atoms with Gasteiger partial charge in [0, 0.05) is 16.2 Å². The second-order valence-electron chi connectivity index (χ2n) is 7.89. The SMILES string of the molecule is Cc1ccc([C@@H]2OC(CO)[C@H](O)C(O)[C@H]2O)cc1Cc1ccc(-c2ccc(F)cc2)s1. The van der Waals surface area contributed by atoms with Crippen LogP contribution < -0.4 is 0 Å². The molecule has 4 rings (SSSR count). The Labute approximate surface area is 184 Å². The van der Waals surface area contributed by atoms with Crippen LogP contribution in [0.5, 0.6) is 0 Å². The van der Waals surface area contributed by atoms with Crippen LogP contribution in [0.3, 0.4) is 0 Å². The molecule has 0 bridgehead atoms. The van der Waals surface area contributed by atoms with Gasteiger partial charge in [-0.2, -0.15) is 0 Å². The van der Waals surface area contributed by atoms with Gasteiger partial charge in [-0.05, 0) is 53.4 Å². The fourth-order valence-electron chi connectivity index (χ4n) is 3.87. The first-order valence-electron chi connectivity index (χ1n) is 10.1. The van der Waals surface area contributed by atoms with Crippen molar-refractivity contribution in [2.75, 3.05) is 6.61 Å².